The molecule has 0 saturated carbocycles. The van der Waals surface area contributed by atoms with Gasteiger partial charge in [0.2, 0.25) is 0 Å². The molecule has 2 aromatic carbocycles. The molecule has 3 N–H and O–H groups in total. The first-order valence-electron chi connectivity index (χ1n) is 8.63. The molecule has 0 atom stereocenters. The van der Waals surface area contributed by atoms with E-state index in [1.807, 2.05) is 13.8 Å². The largest absolute Gasteiger partial charge is 0.494 e. The Bertz CT molecular complexity index is 823. The summed E-state index contributed by atoms with van der Waals surface area (Å²) in [5, 5.41) is 2.86. The average Bonchev–Trinajstić information content (AvgIpc) is 2.63. The summed E-state index contributed by atoms with van der Waals surface area (Å²) in [6.45, 7) is 1.24. The van der Waals surface area contributed by atoms with Crippen molar-refractivity contribution in [1.29, 1.82) is 0 Å². The number of ether oxygens (including phenoxy) is 3. The molecule has 10 heteroatoms. The van der Waals surface area contributed by atoms with E-state index >= 15 is 0 Å². The third-order valence-corrected chi connectivity index (χ3v) is 3.52. The van der Waals surface area contributed by atoms with Crippen molar-refractivity contribution in [3.63, 3.8) is 0 Å². The highest BCUT2D eigenvalue weighted by atomic mass is 127. The fraction of sp³-hybridized carbons (Fsp3) is 0.316. The number of nitrogens with one attached hydrogen (secondary N) is 1. The van der Waals surface area contributed by atoms with Crippen LogP contribution in [-0.2, 0) is 6.54 Å². The van der Waals surface area contributed by atoms with Crippen molar-refractivity contribution >= 4 is 35.6 Å². The van der Waals surface area contributed by atoms with Gasteiger partial charge in [-0.1, -0.05) is 6.07 Å². The molecule has 0 fully saturated rings. The van der Waals surface area contributed by atoms with E-state index in [0.29, 0.717) is 30.4 Å². The topological polar surface area (TPSA) is 78.1 Å². The normalized spacial score (nSPS) is 11.0. The summed E-state index contributed by atoms with van der Waals surface area (Å²) in [5.74, 6) is 0.0588. The second-order valence-electron chi connectivity index (χ2n) is 5.45. The minimum atomic E-state index is -3.07. The third kappa shape index (κ3) is 7.52. The van der Waals surface area contributed by atoms with Crippen molar-refractivity contribution in [2.75, 3.05) is 18.5 Å². The number of guanidine groups is 1. The molecular weight excluding hydrogens is 502 g/mol. The van der Waals surface area contributed by atoms with Crippen LogP contribution in [-0.4, -0.2) is 25.8 Å². The first-order chi connectivity index (χ1) is 13.4. The highest BCUT2D eigenvalue weighted by Crippen LogP contribution is 2.29. The molecule has 0 amide bonds. The van der Waals surface area contributed by atoms with Gasteiger partial charge in [0.1, 0.15) is 23.1 Å². The highest BCUT2D eigenvalue weighted by molar-refractivity contribution is 14.0. The maximum absolute atomic E-state index is 14.0. The van der Waals surface area contributed by atoms with Crippen molar-refractivity contribution in [2.45, 2.75) is 27.0 Å². The molecule has 2 aromatic rings. The first kappa shape index (κ1) is 24.7. The number of halogens is 4. The number of nitrogens with zero attached hydrogens (tertiary/aromatic N) is 1. The summed E-state index contributed by atoms with van der Waals surface area (Å²) >= 11 is 0. The van der Waals surface area contributed by atoms with E-state index in [2.05, 4.69) is 15.0 Å². The average molecular weight is 525 g/mol. The Balaban J connectivity index is 0.00000420. The fourth-order valence-electron chi connectivity index (χ4n) is 2.39. The van der Waals surface area contributed by atoms with E-state index in [0.717, 1.165) is 6.07 Å². The minimum Gasteiger partial charge on any atom is -0.494 e. The first-order valence-corrected chi connectivity index (χ1v) is 8.63. The van der Waals surface area contributed by atoms with E-state index in [4.69, 9.17) is 15.2 Å². The number of alkyl halides is 2. The summed E-state index contributed by atoms with van der Waals surface area (Å²) in [6, 6.07) is 8.80. The number of anilines is 1. The Hall–Kier alpha value is -2.37. The van der Waals surface area contributed by atoms with E-state index in [1.165, 1.54) is 12.1 Å². The van der Waals surface area contributed by atoms with Crippen LogP contribution in [0.4, 0.5) is 18.9 Å². The Morgan fingerprint density at radius 3 is 2.48 bits per heavy atom. The van der Waals surface area contributed by atoms with Gasteiger partial charge >= 0.3 is 6.61 Å². The van der Waals surface area contributed by atoms with Gasteiger partial charge in [0.05, 0.1) is 31.0 Å². The van der Waals surface area contributed by atoms with Gasteiger partial charge in [0.15, 0.2) is 5.96 Å². The Labute approximate surface area is 184 Å². The molecule has 0 aromatic heterocycles. The van der Waals surface area contributed by atoms with Crippen LogP contribution in [0.15, 0.2) is 41.4 Å². The smallest absolute Gasteiger partial charge is 0.387 e. The molecule has 0 aliphatic heterocycles. The van der Waals surface area contributed by atoms with Crippen LogP contribution in [0.25, 0.3) is 0 Å². The van der Waals surface area contributed by atoms with E-state index in [-0.39, 0.29) is 47.8 Å². The van der Waals surface area contributed by atoms with Gasteiger partial charge in [0.25, 0.3) is 0 Å². The molecule has 0 aliphatic rings. The number of rotatable bonds is 9. The standard InChI is InChI=1S/C19H22F3N3O3.HI/c1-3-26-12-8-9-17(27-4-2)15(10-12)25-19(23)24-11-13-14(20)6-5-7-16(13)28-18(21)22;/h5-10,18H,3-4,11H2,1-2H3,(H3,23,24,25);1H. The molecule has 29 heavy (non-hydrogen) atoms. The predicted molar refractivity (Wildman–Crippen MR) is 116 cm³/mol. The van der Waals surface area contributed by atoms with Gasteiger partial charge in [0, 0.05) is 6.07 Å². The summed E-state index contributed by atoms with van der Waals surface area (Å²) in [7, 11) is 0. The number of benzene rings is 2. The van der Waals surface area contributed by atoms with Gasteiger partial charge in [-0.25, -0.2) is 9.38 Å². The van der Waals surface area contributed by atoms with Crippen molar-refractivity contribution in [3.8, 4) is 17.2 Å². The molecule has 0 unspecified atom stereocenters. The zero-order valence-electron chi connectivity index (χ0n) is 16.0. The molecule has 0 heterocycles. The van der Waals surface area contributed by atoms with Crippen LogP contribution in [0.1, 0.15) is 19.4 Å². The second-order valence-corrected chi connectivity index (χ2v) is 5.45. The molecule has 0 radical (unpaired) electrons. The Morgan fingerprint density at radius 2 is 1.83 bits per heavy atom. The van der Waals surface area contributed by atoms with Crippen molar-refractivity contribution in [1.82, 2.24) is 0 Å². The Morgan fingerprint density at radius 1 is 1.10 bits per heavy atom. The van der Waals surface area contributed by atoms with Crippen molar-refractivity contribution < 1.29 is 27.4 Å². The van der Waals surface area contributed by atoms with Crippen molar-refractivity contribution in [2.24, 2.45) is 10.7 Å². The SMILES string of the molecule is CCOc1ccc(OCC)c(NC(N)=NCc2c(F)cccc2OC(F)F)c1.I. The maximum atomic E-state index is 14.0. The number of nitrogens with two attached hydrogens (primary N) is 1. The summed E-state index contributed by atoms with van der Waals surface area (Å²) in [4.78, 5) is 4.02. The molecule has 0 aliphatic carbocycles. The van der Waals surface area contributed by atoms with E-state index in [1.54, 1.807) is 18.2 Å². The van der Waals surface area contributed by atoms with Crippen LogP contribution < -0.4 is 25.3 Å². The lowest BCUT2D eigenvalue weighted by molar-refractivity contribution is -0.0506. The lowest BCUT2D eigenvalue weighted by Gasteiger charge is -2.14. The molecule has 160 valence electrons. The number of hydrogen-bond donors (Lipinski definition) is 2. The van der Waals surface area contributed by atoms with Crippen molar-refractivity contribution in [3.05, 3.63) is 47.8 Å². The zero-order chi connectivity index (χ0) is 20.5. The zero-order valence-corrected chi connectivity index (χ0v) is 18.3. The van der Waals surface area contributed by atoms with Crippen LogP contribution >= 0.6 is 24.0 Å². The summed E-state index contributed by atoms with van der Waals surface area (Å²) < 4.78 is 54.3. The summed E-state index contributed by atoms with van der Waals surface area (Å²) in [6.07, 6.45) is 0. The second kappa shape index (κ2) is 12.2. The maximum Gasteiger partial charge on any atom is 0.387 e. The monoisotopic (exact) mass is 525 g/mol. The van der Waals surface area contributed by atoms with E-state index in [9.17, 15) is 13.2 Å². The number of hydrogen-bond acceptors (Lipinski definition) is 4. The van der Waals surface area contributed by atoms with Gasteiger partial charge in [-0.15, -0.1) is 24.0 Å². The Kier molecular flexibility index (Phi) is 10.4. The van der Waals surface area contributed by atoms with Crippen LogP contribution in [0, 0.1) is 5.82 Å². The molecule has 0 bridgehead atoms. The molecule has 6 nitrogen and oxygen atoms in total. The molecule has 0 spiro atoms. The van der Waals surface area contributed by atoms with Gasteiger partial charge in [-0.05, 0) is 38.1 Å². The third-order valence-electron chi connectivity index (χ3n) is 3.52. The minimum absolute atomic E-state index is 0. The van der Waals surface area contributed by atoms with Gasteiger partial charge in [-0.3, -0.25) is 0 Å². The number of aliphatic imine (C=N–C) groups is 1. The van der Waals surface area contributed by atoms with Gasteiger partial charge in [-0.2, -0.15) is 8.78 Å². The predicted octanol–water partition coefficient (Wildman–Crippen LogP) is 4.77. The highest BCUT2D eigenvalue weighted by Gasteiger charge is 2.14. The fourth-order valence-corrected chi connectivity index (χ4v) is 2.39. The molecule has 0 saturated heterocycles. The molecular formula is C19H23F3IN3O3. The van der Waals surface area contributed by atoms with Crippen LogP contribution in [0.3, 0.4) is 0 Å². The van der Waals surface area contributed by atoms with Crippen LogP contribution in [0.5, 0.6) is 17.2 Å². The quantitative estimate of drug-likeness (QED) is 0.280. The van der Waals surface area contributed by atoms with Crippen LogP contribution in [0.2, 0.25) is 0 Å². The lowest BCUT2D eigenvalue weighted by Crippen LogP contribution is -2.23. The summed E-state index contributed by atoms with van der Waals surface area (Å²) in [5.41, 5.74) is 6.26. The van der Waals surface area contributed by atoms with Gasteiger partial charge < -0.3 is 25.3 Å². The molecule has 2 rings (SSSR count). The lowest BCUT2D eigenvalue weighted by atomic mass is 10.2. The van der Waals surface area contributed by atoms with E-state index < -0.39 is 12.4 Å².